The second kappa shape index (κ2) is 10.4. The van der Waals surface area contributed by atoms with Gasteiger partial charge in [0, 0.05) is 25.0 Å². The van der Waals surface area contributed by atoms with E-state index in [1.54, 1.807) is 0 Å². The average molecular weight is 468 g/mol. The van der Waals surface area contributed by atoms with Crippen LogP contribution < -0.4 is 5.32 Å². The number of carbonyl (C=O) groups is 1. The lowest BCUT2D eigenvalue weighted by atomic mass is 9.87. The summed E-state index contributed by atoms with van der Waals surface area (Å²) in [5, 5.41) is 3.23. The van der Waals surface area contributed by atoms with Crippen molar-refractivity contribution in [2.45, 2.75) is 75.4 Å². The molecule has 1 N–H and O–H groups in total. The highest BCUT2D eigenvalue weighted by Crippen LogP contribution is 2.33. The first-order valence-electron chi connectivity index (χ1n) is 12.9. The minimum absolute atomic E-state index is 0.121. The first-order chi connectivity index (χ1) is 16.6. The molecule has 0 bridgehead atoms. The predicted octanol–water partition coefficient (Wildman–Crippen LogP) is 5.68. The van der Waals surface area contributed by atoms with Crippen LogP contribution in [0.15, 0.2) is 48.5 Å². The fraction of sp³-hybridized carbons (Fsp3) is 0.536. The number of fused-ring (bicyclic) bond motifs is 1. The number of amides is 2. The van der Waals surface area contributed by atoms with Crippen molar-refractivity contribution in [3.63, 3.8) is 0 Å². The Morgan fingerprint density at radius 2 is 1.44 bits per heavy atom. The maximum Gasteiger partial charge on any atom is 0.318 e. The van der Waals surface area contributed by atoms with Gasteiger partial charge in [0.1, 0.15) is 11.6 Å². The van der Waals surface area contributed by atoms with Gasteiger partial charge in [0.2, 0.25) is 0 Å². The van der Waals surface area contributed by atoms with Crippen molar-refractivity contribution in [2.24, 2.45) is 0 Å². The molecule has 182 valence electrons. The molecular weight excluding hydrogens is 432 g/mol. The molecule has 0 radical (unpaired) electrons. The van der Waals surface area contributed by atoms with Crippen LogP contribution in [0.1, 0.15) is 68.4 Å². The van der Waals surface area contributed by atoms with Gasteiger partial charge >= 0.3 is 6.03 Å². The molecular formula is C28H35F2N3O. The lowest BCUT2D eigenvalue weighted by Crippen LogP contribution is -2.50. The Hall–Kier alpha value is -2.47. The molecule has 2 unspecified atom stereocenters. The number of rotatable bonds is 7. The molecule has 3 fully saturated rings. The van der Waals surface area contributed by atoms with Crippen molar-refractivity contribution in [2.75, 3.05) is 19.6 Å². The highest BCUT2D eigenvalue weighted by molar-refractivity contribution is 5.78. The van der Waals surface area contributed by atoms with Crippen LogP contribution in [0.5, 0.6) is 0 Å². The van der Waals surface area contributed by atoms with E-state index in [0.29, 0.717) is 18.1 Å². The van der Waals surface area contributed by atoms with E-state index < -0.39 is 0 Å². The number of hydrogen-bond acceptors (Lipinski definition) is 2. The summed E-state index contributed by atoms with van der Waals surface area (Å²) in [7, 11) is 0. The minimum Gasteiger partial charge on any atom is -0.333 e. The monoisotopic (exact) mass is 467 g/mol. The van der Waals surface area contributed by atoms with Gasteiger partial charge in [-0.1, -0.05) is 37.1 Å². The molecule has 2 atom stereocenters. The van der Waals surface area contributed by atoms with E-state index in [0.717, 1.165) is 69.3 Å². The number of hydrogen-bond donors (Lipinski definition) is 1. The van der Waals surface area contributed by atoms with Crippen molar-refractivity contribution < 1.29 is 13.6 Å². The number of carbonyl (C=O) groups excluding carboxylic acids is 1. The van der Waals surface area contributed by atoms with E-state index in [-0.39, 0.29) is 23.6 Å². The number of nitrogens with one attached hydrogen (secondary N) is 1. The molecule has 5 rings (SSSR count). The van der Waals surface area contributed by atoms with Gasteiger partial charge < -0.3 is 15.1 Å². The lowest BCUT2D eigenvalue weighted by molar-refractivity contribution is 0.101. The fourth-order valence-corrected chi connectivity index (χ4v) is 6.29. The Balaban J connectivity index is 1.15. The Kier molecular flexibility index (Phi) is 7.14. The predicted molar refractivity (Wildman–Crippen MR) is 130 cm³/mol. The lowest BCUT2D eigenvalue weighted by Gasteiger charge is -2.40. The quantitative estimate of drug-likeness (QED) is 0.569. The highest BCUT2D eigenvalue weighted by atomic mass is 19.1. The number of nitrogens with zero attached hydrogens (tertiary/aromatic N) is 2. The third kappa shape index (κ3) is 5.12. The molecule has 2 amide bonds. The van der Waals surface area contributed by atoms with Gasteiger partial charge in [-0.25, -0.2) is 13.6 Å². The van der Waals surface area contributed by atoms with Crippen LogP contribution in [0.4, 0.5) is 13.6 Å². The number of benzene rings is 2. The number of halogens is 2. The molecule has 4 nitrogen and oxygen atoms in total. The summed E-state index contributed by atoms with van der Waals surface area (Å²) in [5.41, 5.74) is 2.13. The van der Waals surface area contributed by atoms with Crippen LogP contribution in [-0.4, -0.2) is 53.6 Å². The molecule has 34 heavy (non-hydrogen) atoms. The van der Waals surface area contributed by atoms with Crippen LogP contribution in [-0.2, 0) is 0 Å². The zero-order valence-electron chi connectivity index (χ0n) is 19.8. The van der Waals surface area contributed by atoms with Gasteiger partial charge in [0.25, 0.3) is 0 Å². The Labute approximate surface area is 201 Å². The molecule has 2 aliphatic heterocycles. The normalized spacial score (nSPS) is 23.9. The Bertz CT molecular complexity index is 911. The first-order valence-corrected chi connectivity index (χ1v) is 12.9. The Morgan fingerprint density at radius 1 is 0.853 bits per heavy atom. The SMILES string of the molecule is O=C1NC2CCCCC2N1C1CCN(CCCC(c2ccc(F)cc2)c2ccc(F)cc2)CC1. The van der Waals surface area contributed by atoms with Crippen molar-refractivity contribution in [1.82, 2.24) is 15.1 Å². The second-order valence-corrected chi connectivity index (χ2v) is 10.2. The summed E-state index contributed by atoms with van der Waals surface area (Å²) in [5.74, 6) is -0.360. The standard InChI is InChI=1S/C28H35F2N3O/c29-22-11-7-20(8-12-22)25(21-9-13-23(30)14-10-21)4-3-17-32-18-15-24(16-19-32)33-27-6-2-1-5-26(27)31-28(33)34/h7-14,24-27H,1-6,15-19H2,(H,31,34). The van der Waals surface area contributed by atoms with Crippen molar-refractivity contribution >= 4 is 6.03 Å². The van der Waals surface area contributed by atoms with Crippen molar-refractivity contribution in [3.8, 4) is 0 Å². The average Bonchev–Trinajstić information content (AvgIpc) is 3.19. The zero-order valence-corrected chi connectivity index (χ0v) is 19.8. The third-order valence-electron chi connectivity index (χ3n) is 8.09. The maximum absolute atomic E-state index is 13.5. The van der Waals surface area contributed by atoms with Crippen LogP contribution in [0, 0.1) is 11.6 Å². The van der Waals surface area contributed by atoms with E-state index in [9.17, 15) is 13.6 Å². The minimum atomic E-state index is -0.240. The molecule has 3 aliphatic rings. The maximum atomic E-state index is 13.5. The van der Waals surface area contributed by atoms with E-state index >= 15 is 0 Å². The topological polar surface area (TPSA) is 35.6 Å². The van der Waals surface area contributed by atoms with Gasteiger partial charge in [-0.05, 0) is 80.5 Å². The summed E-state index contributed by atoms with van der Waals surface area (Å²) in [6.07, 6.45) is 8.73. The summed E-state index contributed by atoms with van der Waals surface area (Å²) in [6.45, 7) is 3.04. The summed E-state index contributed by atoms with van der Waals surface area (Å²) in [4.78, 5) is 17.3. The largest absolute Gasteiger partial charge is 0.333 e. The molecule has 2 saturated heterocycles. The molecule has 0 aromatic heterocycles. The molecule has 0 spiro atoms. The molecule has 1 aliphatic carbocycles. The molecule has 1 saturated carbocycles. The van der Waals surface area contributed by atoms with E-state index in [1.165, 1.54) is 37.1 Å². The summed E-state index contributed by atoms with van der Waals surface area (Å²) < 4.78 is 27.0. The number of likely N-dealkylation sites (tertiary alicyclic amines) is 1. The molecule has 2 heterocycles. The van der Waals surface area contributed by atoms with Crippen molar-refractivity contribution in [3.05, 3.63) is 71.3 Å². The second-order valence-electron chi connectivity index (χ2n) is 10.2. The smallest absolute Gasteiger partial charge is 0.318 e. The van der Waals surface area contributed by atoms with Crippen LogP contribution in [0.25, 0.3) is 0 Å². The highest BCUT2D eigenvalue weighted by Gasteiger charge is 2.44. The van der Waals surface area contributed by atoms with Gasteiger partial charge in [-0.2, -0.15) is 0 Å². The zero-order chi connectivity index (χ0) is 23.5. The van der Waals surface area contributed by atoms with E-state index in [4.69, 9.17) is 0 Å². The molecule has 2 aromatic rings. The first kappa shape index (κ1) is 23.3. The summed E-state index contributed by atoms with van der Waals surface area (Å²) in [6, 6.07) is 14.6. The molecule has 2 aromatic carbocycles. The Morgan fingerprint density at radius 3 is 2.06 bits per heavy atom. The number of urea groups is 1. The fourth-order valence-electron chi connectivity index (χ4n) is 6.29. The van der Waals surface area contributed by atoms with E-state index in [2.05, 4.69) is 15.1 Å². The van der Waals surface area contributed by atoms with Gasteiger partial charge in [0.05, 0.1) is 12.1 Å². The van der Waals surface area contributed by atoms with Gasteiger partial charge in [-0.15, -0.1) is 0 Å². The van der Waals surface area contributed by atoms with Crippen LogP contribution in [0.3, 0.4) is 0 Å². The van der Waals surface area contributed by atoms with Gasteiger partial charge in [0.15, 0.2) is 0 Å². The van der Waals surface area contributed by atoms with Crippen LogP contribution in [0.2, 0.25) is 0 Å². The van der Waals surface area contributed by atoms with Gasteiger partial charge in [-0.3, -0.25) is 0 Å². The van der Waals surface area contributed by atoms with Crippen molar-refractivity contribution in [1.29, 1.82) is 0 Å². The third-order valence-corrected chi connectivity index (χ3v) is 8.09. The van der Waals surface area contributed by atoms with Crippen LogP contribution >= 0.6 is 0 Å². The summed E-state index contributed by atoms with van der Waals surface area (Å²) >= 11 is 0. The number of piperidine rings is 1. The van der Waals surface area contributed by atoms with E-state index in [1.807, 2.05) is 24.3 Å². The molecule has 6 heteroatoms.